The number of nitrogens with one attached hydrogen (secondary N) is 1. The molecule has 0 unspecified atom stereocenters. The number of methoxy groups -OCH3 is 1. The molecule has 1 aliphatic heterocycles. The van der Waals surface area contributed by atoms with Crippen molar-refractivity contribution < 1.29 is 31.3 Å². The van der Waals surface area contributed by atoms with Gasteiger partial charge in [-0.1, -0.05) is 5.16 Å². The molecule has 0 aliphatic carbocycles. The van der Waals surface area contributed by atoms with Crippen molar-refractivity contribution in [2.45, 2.75) is 31.1 Å². The summed E-state index contributed by atoms with van der Waals surface area (Å²) in [7, 11) is -2.36. The number of carbonyl (C=O) groups is 1. The summed E-state index contributed by atoms with van der Waals surface area (Å²) in [4.78, 5) is 12.2. The Bertz CT molecular complexity index is 1110. The molecule has 2 heterocycles. The van der Waals surface area contributed by atoms with E-state index in [0.717, 1.165) is 12.1 Å². The topological polar surface area (TPSA) is 102 Å². The van der Waals surface area contributed by atoms with Crippen LogP contribution in [0.3, 0.4) is 0 Å². The van der Waals surface area contributed by atoms with E-state index < -0.39 is 21.7 Å². The maximum Gasteiger partial charge on any atom is 0.248 e. The van der Waals surface area contributed by atoms with Gasteiger partial charge >= 0.3 is 0 Å². The predicted molar refractivity (Wildman–Crippen MR) is 118 cm³/mol. The highest BCUT2D eigenvalue weighted by atomic mass is 32.2. The Morgan fingerprint density at radius 3 is 2.70 bits per heavy atom. The standard InChI is InChI=1S/C22H27F2N3O5S/c1-15-21(20(32-26-15)7-5-16-4-6-18(23)14-19(16)24)33(29,30)27-11-8-17(9-12-27)22(28)25-10-3-13-31-2/h4-7,14,17H,3,8-13H2,1-2H3,(H,25,28). The lowest BCUT2D eigenvalue weighted by Crippen LogP contribution is -2.43. The minimum Gasteiger partial charge on any atom is -0.385 e. The first-order valence-electron chi connectivity index (χ1n) is 10.6. The molecule has 11 heteroatoms. The van der Waals surface area contributed by atoms with Gasteiger partial charge in [-0.3, -0.25) is 4.79 Å². The molecule has 0 radical (unpaired) electrons. The second-order valence-corrected chi connectivity index (χ2v) is 9.65. The number of amides is 1. The van der Waals surface area contributed by atoms with Gasteiger partial charge in [-0.2, -0.15) is 4.31 Å². The third kappa shape index (κ3) is 6.04. The van der Waals surface area contributed by atoms with Crippen LogP contribution in [0, 0.1) is 24.5 Å². The van der Waals surface area contributed by atoms with Crippen molar-refractivity contribution in [1.29, 1.82) is 0 Å². The molecule has 0 saturated carbocycles. The monoisotopic (exact) mass is 483 g/mol. The number of aromatic nitrogens is 1. The molecular formula is C22H27F2N3O5S. The number of carbonyl (C=O) groups excluding carboxylic acids is 1. The van der Waals surface area contributed by atoms with Gasteiger partial charge in [0.15, 0.2) is 10.7 Å². The van der Waals surface area contributed by atoms with Gasteiger partial charge in [-0.25, -0.2) is 17.2 Å². The fourth-order valence-electron chi connectivity index (χ4n) is 3.66. The zero-order valence-corrected chi connectivity index (χ0v) is 19.3. The number of halogens is 2. The third-order valence-corrected chi connectivity index (χ3v) is 7.51. The highest BCUT2D eigenvalue weighted by molar-refractivity contribution is 7.89. The van der Waals surface area contributed by atoms with E-state index in [2.05, 4.69) is 10.5 Å². The van der Waals surface area contributed by atoms with E-state index in [1.165, 1.54) is 29.4 Å². The second-order valence-electron chi connectivity index (χ2n) is 7.78. The number of nitrogens with zero attached hydrogens (tertiary/aromatic N) is 2. The van der Waals surface area contributed by atoms with Gasteiger partial charge < -0.3 is 14.6 Å². The van der Waals surface area contributed by atoms with Gasteiger partial charge in [0.2, 0.25) is 15.9 Å². The summed E-state index contributed by atoms with van der Waals surface area (Å²) >= 11 is 0. The number of aryl methyl sites for hydroxylation is 1. The Balaban J connectivity index is 1.69. The normalized spacial score (nSPS) is 15.9. The average molecular weight is 484 g/mol. The molecule has 1 aliphatic rings. The Labute approximate surface area is 191 Å². The highest BCUT2D eigenvalue weighted by Crippen LogP contribution is 2.29. The highest BCUT2D eigenvalue weighted by Gasteiger charge is 2.35. The fourth-order valence-corrected chi connectivity index (χ4v) is 5.38. The molecule has 0 bridgehead atoms. The van der Waals surface area contributed by atoms with Crippen molar-refractivity contribution in [3.63, 3.8) is 0 Å². The summed E-state index contributed by atoms with van der Waals surface area (Å²) in [5.41, 5.74) is 0.248. The van der Waals surface area contributed by atoms with Crippen LogP contribution in [0.15, 0.2) is 27.6 Å². The lowest BCUT2D eigenvalue weighted by molar-refractivity contribution is -0.126. The number of hydrogen-bond donors (Lipinski definition) is 1. The number of ether oxygens (including phenoxy) is 1. The Kier molecular flexibility index (Phi) is 8.33. The van der Waals surface area contributed by atoms with Gasteiger partial charge in [0.1, 0.15) is 17.3 Å². The molecule has 180 valence electrons. The quantitative estimate of drug-likeness (QED) is 0.551. The van der Waals surface area contributed by atoms with E-state index in [9.17, 15) is 22.0 Å². The molecule has 2 aromatic rings. The zero-order valence-electron chi connectivity index (χ0n) is 18.5. The molecule has 3 rings (SSSR count). The van der Waals surface area contributed by atoms with Crippen LogP contribution >= 0.6 is 0 Å². The van der Waals surface area contributed by atoms with E-state index in [1.54, 1.807) is 7.11 Å². The summed E-state index contributed by atoms with van der Waals surface area (Å²) in [6.45, 7) is 2.93. The van der Waals surface area contributed by atoms with Crippen molar-refractivity contribution in [3.05, 3.63) is 46.9 Å². The average Bonchev–Trinajstić information content (AvgIpc) is 3.17. The van der Waals surface area contributed by atoms with Crippen LogP contribution in [-0.4, -0.2) is 57.1 Å². The largest absolute Gasteiger partial charge is 0.385 e. The molecule has 1 saturated heterocycles. The van der Waals surface area contributed by atoms with Crippen LogP contribution in [-0.2, 0) is 19.6 Å². The maximum absolute atomic E-state index is 13.9. The van der Waals surface area contributed by atoms with E-state index in [0.29, 0.717) is 32.4 Å². The van der Waals surface area contributed by atoms with Crippen LogP contribution in [0.1, 0.15) is 36.3 Å². The molecule has 1 fully saturated rings. The summed E-state index contributed by atoms with van der Waals surface area (Å²) in [5.74, 6) is -1.89. The molecule has 0 atom stereocenters. The lowest BCUT2D eigenvalue weighted by atomic mass is 9.97. The Hall–Kier alpha value is -2.63. The van der Waals surface area contributed by atoms with Gasteiger partial charge in [-0.15, -0.1) is 0 Å². The molecule has 1 aromatic carbocycles. The lowest BCUT2D eigenvalue weighted by Gasteiger charge is -2.30. The molecule has 33 heavy (non-hydrogen) atoms. The van der Waals surface area contributed by atoms with Crippen LogP contribution in [0.4, 0.5) is 8.78 Å². The Morgan fingerprint density at radius 1 is 1.30 bits per heavy atom. The van der Waals surface area contributed by atoms with Crippen LogP contribution in [0.2, 0.25) is 0 Å². The van der Waals surface area contributed by atoms with Crippen molar-refractivity contribution >= 4 is 28.1 Å². The van der Waals surface area contributed by atoms with E-state index >= 15 is 0 Å². The smallest absolute Gasteiger partial charge is 0.248 e. The molecule has 1 N–H and O–H groups in total. The number of sulfonamides is 1. The molecular weight excluding hydrogens is 456 g/mol. The van der Waals surface area contributed by atoms with Crippen molar-refractivity contribution in [1.82, 2.24) is 14.8 Å². The third-order valence-electron chi connectivity index (χ3n) is 5.46. The predicted octanol–water partition coefficient (Wildman–Crippen LogP) is 2.99. The Morgan fingerprint density at radius 2 is 2.03 bits per heavy atom. The molecule has 8 nitrogen and oxygen atoms in total. The SMILES string of the molecule is COCCCNC(=O)C1CCN(S(=O)(=O)c2c(C)noc2C=Cc2ccc(F)cc2F)CC1. The second kappa shape index (κ2) is 11.0. The van der Waals surface area contributed by atoms with Gasteiger partial charge in [0.05, 0.1) is 0 Å². The molecule has 1 aromatic heterocycles. The van der Waals surface area contributed by atoms with E-state index in [-0.39, 0.29) is 46.8 Å². The zero-order chi connectivity index (χ0) is 24.0. The maximum atomic E-state index is 13.9. The molecule has 1 amide bonds. The summed E-state index contributed by atoms with van der Waals surface area (Å²) in [5, 5.41) is 6.61. The minimum atomic E-state index is -3.95. The van der Waals surface area contributed by atoms with Gasteiger partial charge in [-0.05, 0) is 50.5 Å². The minimum absolute atomic E-state index is 0.0470. The number of piperidine rings is 1. The first-order chi connectivity index (χ1) is 15.7. The number of benzene rings is 1. The summed E-state index contributed by atoms with van der Waals surface area (Å²) in [6, 6.07) is 3.08. The summed E-state index contributed by atoms with van der Waals surface area (Å²) in [6.07, 6.45) is 4.09. The van der Waals surface area contributed by atoms with Gasteiger partial charge in [0.25, 0.3) is 0 Å². The van der Waals surface area contributed by atoms with Crippen LogP contribution in [0.25, 0.3) is 12.2 Å². The summed E-state index contributed by atoms with van der Waals surface area (Å²) < 4.78 is 65.0. The van der Waals surface area contributed by atoms with Crippen molar-refractivity contribution in [2.24, 2.45) is 5.92 Å². The first-order valence-corrected chi connectivity index (χ1v) is 12.0. The fraction of sp³-hybridized carbons (Fsp3) is 0.455. The van der Waals surface area contributed by atoms with E-state index in [4.69, 9.17) is 9.26 Å². The van der Waals surface area contributed by atoms with Crippen LogP contribution in [0.5, 0.6) is 0 Å². The van der Waals surface area contributed by atoms with Gasteiger partial charge in [0, 0.05) is 50.9 Å². The van der Waals surface area contributed by atoms with E-state index in [1.807, 2.05) is 0 Å². The first kappa shape index (κ1) is 25.0. The number of hydrogen-bond acceptors (Lipinski definition) is 6. The van der Waals surface area contributed by atoms with Crippen molar-refractivity contribution in [3.8, 4) is 0 Å². The van der Waals surface area contributed by atoms with Crippen LogP contribution < -0.4 is 5.32 Å². The molecule has 0 spiro atoms. The van der Waals surface area contributed by atoms with Crippen molar-refractivity contribution in [2.75, 3.05) is 33.4 Å². The number of rotatable bonds is 9.